The molecule has 0 bridgehead atoms. The van der Waals surface area contributed by atoms with Crippen molar-refractivity contribution in [2.24, 2.45) is 5.73 Å². The van der Waals surface area contributed by atoms with Crippen LogP contribution in [0.5, 0.6) is 0 Å². The van der Waals surface area contributed by atoms with Gasteiger partial charge in [-0.25, -0.2) is 19.3 Å². The summed E-state index contributed by atoms with van der Waals surface area (Å²) in [7, 11) is 0. The number of aromatic nitrogens is 4. The van der Waals surface area contributed by atoms with E-state index in [2.05, 4.69) is 27.4 Å². The van der Waals surface area contributed by atoms with E-state index in [0.717, 1.165) is 12.8 Å². The van der Waals surface area contributed by atoms with Crippen LogP contribution in [0.4, 0.5) is 5.82 Å². The van der Waals surface area contributed by atoms with Crippen LogP contribution in [0.25, 0.3) is 5.65 Å². The second-order valence-electron chi connectivity index (χ2n) is 3.96. The minimum atomic E-state index is -0.290. The van der Waals surface area contributed by atoms with Crippen LogP contribution in [-0.4, -0.2) is 32.2 Å². The highest BCUT2D eigenvalue weighted by Gasteiger charge is 2.04. The molecular weight excluding hydrogens is 220 g/mol. The van der Waals surface area contributed by atoms with E-state index in [-0.39, 0.29) is 11.7 Å². The van der Waals surface area contributed by atoms with Crippen molar-refractivity contribution in [2.45, 2.75) is 25.8 Å². The van der Waals surface area contributed by atoms with E-state index in [1.54, 1.807) is 6.07 Å². The van der Waals surface area contributed by atoms with Gasteiger partial charge in [0.1, 0.15) is 12.1 Å². The first-order valence-corrected chi connectivity index (χ1v) is 5.63. The minimum absolute atomic E-state index is 0.111. The lowest BCUT2D eigenvalue weighted by Crippen LogP contribution is -2.29. The maximum absolute atomic E-state index is 11.2. The maximum atomic E-state index is 11.2. The number of aromatic amines is 1. The number of hydrogen-bond acceptors (Lipinski definition) is 5. The smallest absolute Gasteiger partial charge is 0.348 e. The van der Waals surface area contributed by atoms with Gasteiger partial charge in [0.15, 0.2) is 5.65 Å². The van der Waals surface area contributed by atoms with Crippen molar-refractivity contribution in [3.63, 3.8) is 0 Å². The first kappa shape index (κ1) is 11.6. The van der Waals surface area contributed by atoms with Gasteiger partial charge in [-0.3, -0.25) is 0 Å². The molecule has 1 unspecified atom stereocenters. The lowest BCUT2D eigenvalue weighted by Gasteiger charge is -2.11. The summed E-state index contributed by atoms with van der Waals surface area (Å²) >= 11 is 0. The van der Waals surface area contributed by atoms with E-state index in [1.165, 1.54) is 10.7 Å². The number of rotatable bonds is 5. The average Bonchev–Trinajstić information content (AvgIpc) is 2.69. The number of fused-ring (bicyclic) bond motifs is 1. The van der Waals surface area contributed by atoms with Crippen molar-refractivity contribution in [2.75, 3.05) is 11.9 Å². The zero-order valence-electron chi connectivity index (χ0n) is 9.68. The predicted octanol–water partition coefficient (Wildman–Crippen LogP) is -0.0431. The van der Waals surface area contributed by atoms with Crippen molar-refractivity contribution in [1.29, 1.82) is 0 Å². The first-order valence-electron chi connectivity index (χ1n) is 5.63. The Bertz CT molecular complexity index is 545. The van der Waals surface area contributed by atoms with Crippen LogP contribution in [0.2, 0.25) is 0 Å². The highest BCUT2D eigenvalue weighted by Crippen LogP contribution is 2.04. The van der Waals surface area contributed by atoms with Crippen LogP contribution in [0, 0.1) is 0 Å². The van der Waals surface area contributed by atoms with Gasteiger partial charge in [-0.2, -0.15) is 5.10 Å². The van der Waals surface area contributed by atoms with Crippen molar-refractivity contribution < 1.29 is 0 Å². The fourth-order valence-corrected chi connectivity index (χ4v) is 1.61. The molecule has 7 nitrogen and oxygen atoms in total. The van der Waals surface area contributed by atoms with Gasteiger partial charge in [0.2, 0.25) is 0 Å². The van der Waals surface area contributed by atoms with Gasteiger partial charge in [0, 0.05) is 18.7 Å². The van der Waals surface area contributed by atoms with E-state index in [4.69, 9.17) is 5.73 Å². The van der Waals surface area contributed by atoms with E-state index >= 15 is 0 Å². The summed E-state index contributed by atoms with van der Waals surface area (Å²) in [5.41, 5.74) is 6.13. The highest BCUT2D eigenvalue weighted by molar-refractivity contribution is 5.48. The fourth-order valence-electron chi connectivity index (χ4n) is 1.61. The minimum Gasteiger partial charge on any atom is -0.368 e. The van der Waals surface area contributed by atoms with Crippen LogP contribution >= 0.6 is 0 Å². The van der Waals surface area contributed by atoms with Gasteiger partial charge in [-0.15, -0.1) is 0 Å². The summed E-state index contributed by atoms with van der Waals surface area (Å²) in [6.07, 6.45) is 3.47. The summed E-state index contributed by atoms with van der Waals surface area (Å²) in [5.74, 6) is 0.669. The van der Waals surface area contributed by atoms with Crippen molar-refractivity contribution in [3.8, 4) is 0 Å². The Labute approximate surface area is 98.1 Å². The molecule has 0 aliphatic rings. The molecule has 0 aliphatic carbocycles. The normalized spacial score (nSPS) is 12.8. The number of hydrogen-bond donors (Lipinski definition) is 3. The third-order valence-electron chi connectivity index (χ3n) is 2.51. The van der Waals surface area contributed by atoms with Crippen LogP contribution in [-0.2, 0) is 0 Å². The molecule has 0 saturated heterocycles. The second kappa shape index (κ2) is 4.96. The molecule has 0 spiro atoms. The molecule has 2 aromatic heterocycles. The van der Waals surface area contributed by atoms with Gasteiger partial charge in [0.05, 0.1) is 0 Å². The molecule has 2 rings (SSSR count). The zero-order valence-corrected chi connectivity index (χ0v) is 9.68. The molecule has 0 aromatic carbocycles. The Morgan fingerprint density at radius 2 is 2.47 bits per heavy atom. The fraction of sp³-hybridized carbons (Fsp3) is 0.500. The number of nitrogens with two attached hydrogens (primary N) is 1. The second-order valence-corrected chi connectivity index (χ2v) is 3.96. The van der Waals surface area contributed by atoms with Crippen LogP contribution in [0.3, 0.4) is 0 Å². The number of H-pyrrole nitrogens is 1. The van der Waals surface area contributed by atoms with E-state index in [1.807, 2.05) is 0 Å². The van der Waals surface area contributed by atoms with Gasteiger partial charge < -0.3 is 11.1 Å². The summed E-state index contributed by atoms with van der Waals surface area (Å²) < 4.78 is 1.34. The molecule has 92 valence electrons. The monoisotopic (exact) mass is 236 g/mol. The maximum Gasteiger partial charge on any atom is 0.348 e. The molecule has 1 atom stereocenters. The molecule has 2 aromatic rings. The molecule has 17 heavy (non-hydrogen) atoms. The lowest BCUT2D eigenvalue weighted by molar-refractivity contribution is 0.626. The summed E-state index contributed by atoms with van der Waals surface area (Å²) in [4.78, 5) is 15.3. The molecule has 7 heteroatoms. The van der Waals surface area contributed by atoms with Gasteiger partial charge in [-0.05, 0) is 6.42 Å². The van der Waals surface area contributed by atoms with Gasteiger partial charge >= 0.3 is 5.69 Å². The Hall–Kier alpha value is -1.89. The van der Waals surface area contributed by atoms with Crippen LogP contribution in [0.15, 0.2) is 17.2 Å². The van der Waals surface area contributed by atoms with E-state index < -0.39 is 0 Å². The molecule has 0 radical (unpaired) electrons. The van der Waals surface area contributed by atoms with E-state index in [0.29, 0.717) is 18.0 Å². The lowest BCUT2D eigenvalue weighted by atomic mass is 10.2. The molecular formula is C10H16N6O. The molecule has 0 saturated carbocycles. The Morgan fingerprint density at radius 3 is 3.24 bits per heavy atom. The summed E-state index contributed by atoms with van der Waals surface area (Å²) in [6, 6.07) is 1.82. The average molecular weight is 236 g/mol. The third kappa shape index (κ3) is 2.62. The van der Waals surface area contributed by atoms with Gasteiger partial charge in [-0.1, -0.05) is 13.3 Å². The number of nitrogens with one attached hydrogen (secondary N) is 2. The zero-order chi connectivity index (χ0) is 12.3. The Morgan fingerprint density at radius 1 is 1.65 bits per heavy atom. The molecule has 0 amide bonds. The van der Waals surface area contributed by atoms with Crippen LogP contribution < -0.4 is 16.7 Å². The predicted molar refractivity (Wildman–Crippen MR) is 65.0 cm³/mol. The molecule has 0 aliphatic heterocycles. The standard InChI is InChI=1S/C10H16N6O/c1-2-3-7(11)5-12-8-4-9-14-15-10(17)16(9)6-13-8/h4,6-7,12H,2-3,5,11H2,1H3,(H,15,17). The van der Waals surface area contributed by atoms with Crippen molar-refractivity contribution >= 4 is 11.5 Å². The van der Waals surface area contributed by atoms with Crippen molar-refractivity contribution in [1.82, 2.24) is 19.6 Å². The first-order chi connectivity index (χ1) is 8.20. The Kier molecular flexibility index (Phi) is 3.38. The van der Waals surface area contributed by atoms with Crippen molar-refractivity contribution in [3.05, 3.63) is 22.9 Å². The van der Waals surface area contributed by atoms with E-state index in [9.17, 15) is 4.79 Å². The largest absolute Gasteiger partial charge is 0.368 e. The number of nitrogens with zero attached hydrogens (tertiary/aromatic N) is 3. The number of anilines is 1. The van der Waals surface area contributed by atoms with Crippen LogP contribution in [0.1, 0.15) is 19.8 Å². The summed E-state index contributed by atoms with van der Waals surface area (Å²) in [5, 5.41) is 9.34. The molecule has 2 heterocycles. The molecule has 4 N–H and O–H groups in total. The summed E-state index contributed by atoms with van der Waals surface area (Å²) in [6.45, 7) is 2.76. The topological polar surface area (TPSA) is 101 Å². The quantitative estimate of drug-likeness (QED) is 0.676. The van der Waals surface area contributed by atoms with Gasteiger partial charge in [0.25, 0.3) is 0 Å². The third-order valence-corrected chi connectivity index (χ3v) is 2.51. The SMILES string of the molecule is CCCC(N)CNc1cc2n[nH]c(=O)n2cn1. The highest BCUT2D eigenvalue weighted by atomic mass is 16.1. The Balaban J connectivity index is 2.07. The molecule has 0 fully saturated rings.